The summed E-state index contributed by atoms with van der Waals surface area (Å²) in [7, 11) is 0. The van der Waals surface area contributed by atoms with Gasteiger partial charge in [0.15, 0.2) is 5.78 Å². The van der Waals surface area contributed by atoms with E-state index < -0.39 is 17.9 Å². The third kappa shape index (κ3) is 4.45. The Hall–Kier alpha value is -3.81. The Morgan fingerprint density at radius 2 is 1.78 bits per heavy atom. The number of ketones is 2. The van der Waals surface area contributed by atoms with Crippen molar-refractivity contribution in [2.75, 3.05) is 6.54 Å². The summed E-state index contributed by atoms with van der Waals surface area (Å²) in [6.07, 6.45) is 4.01. The number of ether oxygens (including phenoxy) is 1. The minimum Gasteiger partial charge on any atom is -0.457 e. The van der Waals surface area contributed by atoms with Gasteiger partial charge in [-0.15, -0.1) is 0 Å². The lowest BCUT2D eigenvalue weighted by atomic mass is 9.69. The highest BCUT2D eigenvalue weighted by Gasteiger charge is 2.49. The fourth-order valence-electron chi connectivity index (χ4n) is 5.67. The van der Waals surface area contributed by atoms with Gasteiger partial charge in [-0.05, 0) is 48.4 Å². The van der Waals surface area contributed by atoms with E-state index in [-0.39, 0.29) is 24.0 Å². The second-order valence-electron chi connectivity index (χ2n) is 9.46. The number of carbonyl (C=O) groups excluding carboxylic acids is 2. The van der Waals surface area contributed by atoms with Gasteiger partial charge in [0, 0.05) is 29.0 Å². The third-order valence-corrected chi connectivity index (χ3v) is 7.53. The molecule has 0 unspecified atom stereocenters. The van der Waals surface area contributed by atoms with Crippen molar-refractivity contribution >= 4 is 23.2 Å². The van der Waals surface area contributed by atoms with E-state index in [9.17, 15) is 9.59 Å². The van der Waals surface area contributed by atoms with Crippen molar-refractivity contribution in [1.82, 2.24) is 20.1 Å². The molecule has 8 heteroatoms. The van der Waals surface area contributed by atoms with E-state index in [0.717, 1.165) is 17.5 Å². The standard InChI is InChI=1S/C29H25ClN4O3/c30-19-7-5-8-20(14-19)37-25-11-4-3-10-22(25)23-15-24(35)26(29(36)28(23)34-17-31-16-33-34)27-21-9-2-1-6-18(21)12-13-32-27/h1-11,14,16-17,23,26-28,32H,12-13,15H2/t23-,26+,27-,28+/m1/s1. The van der Waals surface area contributed by atoms with Gasteiger partial charge in [-0.3, -0.25) is 9.59 Å². The Balaban J connectivity index is 1.40. The zero-order chi connectivity index (χ0) is 25.4. The third-order valence-electron chi connectivity index (χ3n) is 7.29. The second-order valence-corrected chi connectivity index (χ2v) is 9.89. The average molecular weight is 513 g/mol. The van der Waals surface area contributed by atoms with Crippen LogP contribution in [0.4, 0.5) is 0 Å². The van der Waals surface area contributed by atoms with Crippen LogP contribution in [0.2, 0.25) is 5.02 Å². The summed E-state index contributed by atoms with van der Waals surface area (Å²) in [6, 6.07) is 21.6. The van der Waals surface area contributed by atoms with Crippen LogP contribution in [-0.2, 0) is 16.0 Å². The number of fused-ring (bicyclic) bond motifs is 1. The normalized spacial score (nSPS) is 23.5. The first-order chi connectivity index (χ1) is 18.1. The van der Waals surface area contributed by atoms with E-state index >= 15 is 0 Å². The molecule has 186 valence electrons. The fraction of sp³-hybridized carbons (Fsp3) is 0.241. The number of carbonyl (C=O) groups is 2. The average Bonchev–Trinajstić information content (AvgIpc) is 3.43. The molecule has 1 aromatic heterocycles. The molecule has 1 aliphatic heterocycles. The second kappa shape index (κ2) is 9.92. The number of nitrogens with one attached hydrogen (secondary N) is 1. The molecule has 1 saturated carbocycles. The topological polar surface area (TPSA) is 86.1 Å². The molecular weight excluding hydrogens is 488 g/mol. The lowest BCUT2D eigenvalue weighted by Crippen LogP contribution is -2.49. The van der Waals surface area contributed by atoms with Crippen LogP contribution in [0.5, 0.6) is 11.5 Å². The predicted molar refractivity (Wildman–Crippen MR) is 139 cm³/mol. The molecule has 1 aliphatic carbocycles. The molecule has 4 atom stereocenters. The summed E-state index contributed by atoms with van der Waals surface area (Å²) in [5.41, 5.74) is 2.95. The van der Waals surface area contributed by atoms with Crippen LogP contribution in [0, 0.1) is 5.92 Å². The molecule has 1 fully saturated rings. The van der Waals surface area contributed by atoms with Crippen molar-refractivity contribution in [3.63, 3.8) is 0 Å². The van der Waals surface area contributed by atoms with E-state index in [0.29, 0.717) is 23.1 Å². The molecule has 1 N–H and O–H groups in total. The number of para-hydroxylation sites is 1. The van der Waals surface area contributed by atoms with Crippen LogP contribution in [0.15, 0.2) is 85.5 Å². The Kier molecular flexibility index (Phi) is 6.32. The summed E-state index contributed by atoms with van der Waals surface area (Å²) in [6.45, 7) is 0.715. The quantitative estimate of drug-likeness (QED) is 0.375. The van der Waals surface area contributed by atoms with Crippen LogP contribution < -0.4 is 10.1 Å². The van der Waals surface area contributed by atoms with Crippen LogP contribution in [-0.4, -0.2) is 32.9 Å². The minimum atomic E-state index is -0.812. The van der Waals surface area contributed by atoms with Crippen LogP contribution in [0.25, 0.3) is 0 Å². The fourth-order valence-corrected chi connectivity index (χ4v) is 5.85. The zero-order valence-electron chi connectivity index (χ0n) is 20.0. The van der Waals surface area contributed by atoms with Crippen molar-refractivity contribution in [3.05, 3.63) is 107 Å². The first-order valence-corrected chi connectivity index (χ1v) is 12.7. The highest BCUT2D eigenvalue weighted by molar-refractivity contribution is 6.30. The predicted octanol–water partition coefficient (Wildman–Crippen LogP) is 5.09. The number of Topliss-reactive ketones (excluding diaryl/α,β-unsaturated/α-hetero) is 2. The molecule has 2 heterocycles. The summed E-state index contributed by atoms with van der Waals surface area (Å²) in [5.74, 6) is -0.386. The molecule has 0 amide bonds. The molecule has 6 rings (SSSR count). The first kappa shape index (κ1) is 23.6. The first-order valence-electron chi connectivity index (χ1n) is 12.3. The largest absolute Gasteiger partial charge is 0.457 e. The Morgan fingerprint density at radius 3 is 2.59 bits per heavy atom. The molecule has 7 nitrogen and oxygen atoms in total. The maximum absolute atomic E-state index is 14.2. The van der Waals surface area contributed by atoms with Gasteiger partial charge in [-0.25, -0.2) is 9.67 Å². The molecule has 0 spiro atoms. The number of halogens is 1. The Labute approximate surface area is 219 Å². The lowest BCUT2D eigenvalue weighted by Gasteiger charge is -2.39. The van der Waals surface area contributed by atoms with Gasteiger partial charge >= 0.3 is 0 Å². The van der Waals surface area contributed by atoms with Gasteiger partial charge in [0.2, 0.25) is 0 Å². The smallest absolute Gasteiger partial charge is 0.170 e. The SMILES string of the molecule is O=C1C[C@H](c2ccccc2Oc2cccc(Cl)c2)[C@H](n2cncn2)C(=O)[C@@H]1[C@@H]1NCCc2ccccc21. The maximum atomic E-state index is 14.2. The summed E-state index contributed by atoms with van der Waals surface area (Å²) < 4.78 is 7.79. The highest BCUT2D eigenvalue weighted by Crippen LogP contribution is 2.46. The van der Waals surface area contributed by atoms with E-state index in [4.69, 9.17) is 16.3 Å². The van der Waals surface area contributed by atoms with Crippen LogP contribution in [0.3, 0.4) is 0 Å². The summed E-state index contributed by atoms with van der Waals surface area (Å²) >= 11 is 6.16. The van der Waals surface area contributed by atoms with Gasteiger partial charge < -0.3 is 10.1 Å². The summed E-state index contributed by atoms with van der Waals surface area (Å²) in [4.78, 5) is 32.1. The molecule has 4 aromatic rings. The number of hydrogen-bond donors (Lipinski definition) is 1. The minimum absolute atomic E-state index is 0.0851. The van der Waals surface area contributed by atoms with E-state index in [2.05, 4.69) is 21.5 Å². The molecule has 0 radical (unpaired) electrons. The Bertz CT molecular complexity index is 1460. The lowest BCUT2D eigenvalue weighted by molar-refractivity contribution is -0.141. The van der Waals surface area contributed by atoms with Crippen molar-refractivity contribution in [2.24, 2.45) is 5.92 Å². The monoisotopic (exact) mass is 512 g/mol. The molecule has 0 saturated heterocycles. The van der Waals surface area contributed by atoms with E-state index in [1.807, 2.05) is 54.6 Å². The molecule has 37 heavy (non-hydrogen) atoms. The number of nitrogens with zero attached hydrogens (tertiary/aromatic N) is 3. The van der Waals surface area contributed by atoms with Crippen molar-refractivity contribution in [3.8, 4) is 11.5 Å². The van der Waals surface area contributed by atoms with Crippen molar-refractivity contribution < 1.29 is 14.3 Å². The Morgan fingerprint density at radius 1 is 0.973 bits per heavy atom. The van der Waals surface area contributed by atoms with E-state index in [1.54, 1.807) is 23.1 Å². The van der Waals surface area contributed by atoms with Gasteiger partial charge in [0.25, 0.3) is 0 Å². The highest BCUT2D eigenvalue weighted by atomic mass is 35.5. The van der Waals surface area contributed by atoms with Gasteiger partial charge in [-0.1, -0.05) is 60.1 Å². The number of benzene rings is 3. The maximum Gasteiger partial charge on any atom is 0.170 e. The number of aromatic nitrogens is 3. The molecular formula is C29H25ClN4O3. The summed E-state index contributed by atoms with van der Waals surface area (Å²) in [5, 5.41) is 8.34. The van der Waals surface area contributed by atoms with Crippen LogP contribution in [0.1, 0.15) is 41.1 Å². The number of hydrogen-bond acceptors (Lipinski definition) is 6. The zero-order valence-corrected chi connectivity index (χ0v) is 20.7. The molecule has 2 aliphatic rings. The van der Waals surface area contributed by atoms with Crippen molar-refractivity contribution in [1.29, 1.82) is 0 Å². The van der Waals surface area contributed by atoms with Gasteiger partial charge in [0.05, 0.1) is 5.92 Å². The van der Waals surface area contributed by atoms with Crippen molar-refractivity contribution in [2.45, 2.75) is 30.8 Å². The van der Waals surface area contributed by atoms with Crippen LogP contribution >= 0.6 is 11.6 Å². The van der Waals surface area contributed by atoms with Gasteiger partial charge in [-0.2, -0.15) is 5.10 Å². The molecule has 0 bridgehead atoms. The molecule has 3 aromatic carbocycles. The van der Waals surface area contributed by atoms with E-state index in [1.165, 1.54) is 11.9 Å². The number of rotatable bonds is 5. The van der Waals surface area contributed by atoms with Gasteiger partial charge in [0.1, 0.15) is 36.0 Å².